The average molecular weight is 311 g/mol. The fraction of sp³-hybridized carbons (Fsp3) is 0.118. The standard InChI is InChI=1S/C17H13NO5/c1-10(19)12-5-6-14-15(8-12)23-17(22)18(14)9-11-3-2-4-13(7-11)16(20)21/h2-8H,9H2,1H3,(H,20,21). The van der Waals surface area contributed by atoms with E-state index in [2.05, 4.69) is 0 Å². The fourth-order valence-corrected chi connectivity index (χ4v) is 2.42. The second-order valence-corrected chi connectivity index (χ2v) is 5.20. The topological polar surface area (TPSA) is 89.5 Å². The Labute approximate surface area is 130 Å². The summed E-state index contributed by atoms with van der Waals surface area (Å²) in [5.74, 6) is -1.69. The molecule has 0 saturated carbocycles. The predicted octanol–water partition coefficient (Wildman–Crippen LogP) is 2.54. The van der Waals surface area contributed by atoms with E-state index in [0.29, 0.717) is 22.2 Å². The molecule has 0 aliphatic carbocycles. The van der Waals surface area contributed by atoms with Crippen molar-refractivity contribution in [2.24, 2.45) is 0 Å². The zero-order valence-electron chi connectivity index (χ0n) is 12.3. The lowest BCUT2D eigenvalue weighted by Gasteiger charge is -2.04. The minimum atomic E-state index is -1.03. The van der Waals surface area contributed by atoms with Crippen LogP contribution in [0.1, 0.15) is 33.2 Å². The van der Waals surface area contributed by atoms with E-state index >= 15 is 0 Å². The Morgan fingerprint density at radius 1 is 1.13 bits per heavy atom. The van der Waals surface area contributed by atoms with Crippen LogP contribution in [0, 0.1) is 0 Å². The van der Waals surface area contributed by atoms with Gasteiger partial charge in [0, 0.05) is 5.56 Å². The monoisotopic (exact) mass is 311 g/mol. The van der Waals surface area contributed by atoms with E-state index in [1.165, 1.54) is 29.7 Å². The Balaban J connectivity index is 2.05. The number of aromatic carboxylic acids is 1. The number of carbonyl (C=O) groups is 2. The molecule has 1 aromatic heterocycles. The summed E-state index contributed by atoms with van der Waals surface area (Å²) in [4.78, 5) is 34.4. The first kappa shape index (κ1) is 14.8. The molecule has 0 bridgehead atoms. The van der Waals surface area contributed by atoms with Gasteiger partial charge in [-0.15, -0.1) is 0 Å². The summed E-state index contributed by atoms with van der Waals surface area (Å²) >= 11 is 0. The van der Waals surface area contributed by atoms with Gasteiger partial charge in [-0.2, -0.15) is 0 Å². The number of fused-ring (bicyclic) bond motifs is 1. The van der Waals surface area contributed by atoms with Crippen LogP contribution in [-0.4, -0.2) is 21.4 Å². The first-order valence-electron chi connectivity index (χ1n) is 6.92. The normalized spacial score (nSPS) is 10.8. The van der Waals surface area contributed by atoms with Crippen LogP contribution in [-0.2, 0) is 6.54 Å². The molecular formula is C17H13NO5. The van der Waals surface area contributed by atoms with Gasteiger partial charge in [-0.3, -0.25) is 9.36 Å². The summed E-state index contributed by atoms with van der Waals surface area (Å²) in [5, 5.41) is 9.03. The van der Waals surface area contributed by atoms with Gasteiger partial charge in [0.05, 0.1) is 17.6 Å². The molecule has 1 heterocycles. The molecule has 0 radical (unpaired) electrons. The van der Waals surface area contributed by atoms with Gasteiger partial charge in [-0.05, 0) is 42.8 Å². The van der Waals surface area contributed by atoms with Gasteiger partial charge in [0.2, 0.25) is 0 Å². The summed E-state index contributed by atoms with van der Waals surface area (Å²) in [7, 11) is 0. The number of carboxylic acids is 1. The maximum Gasteiger partial charge on any atom is 0.420 e. The quantitative estimate of drug-likeness (QED) is 0.748. The van der Waals surface area contributed by atoms with E-state index in [1.807, 2.05) is 0 Å². The van der Waals surface area contributed by atoms with Gasteiger partial charge in [0.25, 0.3) is 0 Å². The number of carboxylic acid groups (broad SMARTS) is 1. The Bertz CT molecular complexity index is 980. The highest BCUT2D eigenvalue weighted by Gasteiger charge is 2.12. The van der Waals surface area contributed by atoms with Crippen LogP contribution < -0.4 is 5.76 Å². The highest BCUT2D eigenvalue weighted by Crippen LogP contribution is 2.17. The van der Waals surface area contributed by atoms with Crippen LogP contribution >= 0.6 is 0 Å². The van der Waals surface area contributed by atoms with Gasteiger partial charge < -0.3 is 9.52 Å². The number of oxazole rings is 1. The third kappa shape index (κ3) is 2.78. The number of benzene rings is 2. The third-order valence-corrected chi connectivity index (χ3v) is 3.59. The van der Waals surface area contributed by atoms with Crippen molar-refractivity contribution in [2.75, 3.05) is 0 Å². The number of aromatic nitrogens is 1. The molecule has 0 spiro atoms. The summed E-state index contributed by atoms with van der Waals surface area (Å²) < 4.78 is 6.58. The molecule has 6 nitrogen and oxygen atoms in total. The summed E-state index contributed by atoms with van der Waals surface area (Å²) in [5.41, 5.74) is 2.18. The van der Waals surface area contributed by atoms with E-state index in [1.54, 1.807) is 24.3 Å². The summed E-state index contributed by atoms with van der Waals surface area (Å²) in [6, 6.07) is 11.2. The highest BCUT2D eigenvalue weighted by molar-refractivity contribution is 5.96. The third-order valence-electron chi connectivity index (χ3n) is 3.59. The largest absolute Gasteiger partial charge is 0.478 e. The Morgan fingerprint density at radius 2 is 1.91 bits per heavy atom. The van der Waals surface area contributed by atoms with Crippen molar-refractivity contribution in [3.8, 4) is 0 Å². The molecule has 0 atom stereocenters. The van der Waals surface area contributed by atoms with Crippen molar-refractivity contribution >= 4 is 22.9 Å². The molecule has 3 aromatic rings. The predicted molar refractivity (Wildman–Crippen MR) is 83.0 cm³/mol. The van der Waals surface area contributed by atoms with Crippen LogP contribution in [0.25, 0.3) is 11.1 Å². The van der Waals surface area contributed by atoms with Crippen molar-refractivity contribution in [3.05, 3.63) is 69.7 Å². The molecule has 0 aliphatic heterocycles. The second-order valence-electron chi connectivity index (χ2n) is 5.20. The maximum absolute atomic E-state index is 12.0. The number of nitrogens with zero attached hydrogens (tertiary/aromatic N) is 1. The lowest BCUT2D eigenvalue weighted by molar-refractivity contribution is 0.0696. The van der Waals surface area contributed by atoms with Crippen LogP contribution in [0.3, 0.4) is 0 Å². The molecule has 0 amide bonds. The van der Waals surface area contributed by atoms with Gasteiger partial charge >= 0.3 is 11.7 Å². The molecule has 3 rings (SSSR count). The minimum Gasteiger partial charge on any atom is -0.478 e. The fourth-order valence-electron chi connectivity index (χ4n) is 2.42. The van der Waals surface area contributed by atoms with E-state index in [0.717, 1.165) is 0 Å². The molecule has 116 valence electrons. The maximum atomic E-state index is 12.0. The van der Waals surface area contributed by atoms with Crippen molar-refractivity contribution in [1.82, 2.24) is 4.57 Å². The van der Waals surface area contributed by atoms with E-state index in [9.17, 15) is 14.4 Å². The molecular weight excluding hydrogens is 298 g/mol. The SMILES string of the molecule is CC(=O)c1ccc2c(c1)oc(=O)n2Cc1cccc(C(=O)O)c1. The van der Waals surface area contributed by atoms with Crippen molar-refractivity contribution in [1.29, 1.82) is 0 Å². The highest BCUT2D eigenvalue weighted by atomic mass is 16.4. The molecule has 1 N–H and O–H groups in total. The minimum absolute atomic E-state index is 0.114. The first-order chi connectivity index (χ1) is 11.0. The van der Waals surface area contributed by atoms with E-state index in [-0.39, 0.29) is 17.9 Å². The van der Waals surface area contributed by atoms with Gasteiger partial charge in [-0.25, -0.2) is 9.59 Å². The zero-order valence-corrected chi connectivity index (χ0v) is 12.3. The van der Waals surface area contributed by atoms with Gasteiger partial charge in [0.1, 0.15) is 0 Å². The number of rotatable bonds is 4. The van der Waals surface area contributed by atoms with Crippen LogP contribution in [0.4, 0.5) is 0 Å². The Morgan fingerprint density at radius 3 is 2.61 bits per heavy atom. The summed E-state index contributed by atoms with van der Waals surface area (Å²) in [6.45, 7) is 1.63. The van der Waals surface area contributed by atoms with Crippen LogP contribution in [0.2, 0.25) is 0 Å². The van der Waals surface area contributed by atoms with Gasteiger partial charge in [0.15, 0.2) is 11.4 Å². The molecule has 0 unspecified atom stereocenters. The number of carbonyl (C=O) groups excluding carboxylic acids is 1. The Kier molecular flexibility index (Phi) is 3.57. The average Bonchev–Trinajstić information content (AvgIpc) is 2.82. The van der Waals surface area contributed by atoms with E-state index in [4.69, 9.17) is 9.52 Å². The second kappa shape index (κ2) is 5.57. The molecule has 2 aromatic carbocycles. The summed E-state index contributed by atoms with van der Waals surface area (Å²) in [6.07, 6.45) is 0. The van der Waals surface area contributed by atoms with Crippen molar-refractivity contribution in [3.63, 3.8) is 0 Å². The first-order valence-corrected chi connectivity index (χ1v) is 6.92. The van der Waals surface area contributed by atoms with Crippen LogP contribution in [0.5, 0.6) is 0 Å². The Hall–Kier alpha value is -3.15. The lowest BCUT2D eigenvalue weighted by Crippen LogP contribution is -2.15. The van der Waals surface area contributed by atoms with Crippen LogP contribution in [0.15, 0.2) is 51.7 Å². The number of hydrogen-bond acceptors (Lipinski definition) is 4. The van der Waals surface area contributed by atoms with Crippen molar-refractivity contribution < 1.29 is 19.1 Å². The number of Topliss-reactive ketones (excluding diaryl/α,β-unsaturated/α-hetero) is 1. The van der Waals surface area contributed by atoms with Crippen molar-refractivity contribution in [2.45, 2.75) is 13.5 Å². The van der Waals surface area contributed by atoms with E-state index < -0.39 is 11.7 Å². The smallest absolute Gasteiger partial charge is 0.420 e. The molecule has 0 aliphatic rings. The molecule has 0 fully saturated rings. The molecule has 23 heavy (non-hydrogen) atoms. The zero-order chi connectivity index (χ0) is 16.6. The number of hydrogen-bond donors (Lipinski definition) is 1. The number of ketones is 1. The molecule has 6 heteroatoms. The molecule has 0 saturated heterocycles. The van der Waals surface area contributed by atoms with Gasteiger partial charge in [-0.1, -0.05) is 12.1 Å². The lowest BCUT2D eigenvalue weighted by atomic mass is 10.1.